The van der Waals surface area contributed by atoms with Gasteiger partial charge in [-0.1, -0.05) is 23.2 Å². The standard InChI is InChI=1S/C26H27Cl2N9O6/c1-26(2,3)43-25(40)35-12-20(38)36(21(39)13-35)18-11-32-24(34-22(18)15-5-4-14(27)10-16(15)28)31-9-8-30-19-7-6-17(37(41)42)23(29)33-19/h4-7,10-11H,8-9,12-13H2,1-3H3,(H3,29,30,33)(H,31,32,34). The Kier molecular flexibility index (Phi) is 9.16. The van der Waals surface area contributed by atoms with Crippen molar-refractivity contribution < 1.29 is 24.0 Å². The van der Waals surface area contributed by atoms with E-state index in [1.54, 1.807) is 32.9 Å². The zero-order chi connectivity index (χ0) is 31.5. The van der Waals surface area contributed by atoms with E-state index < -0.39 is 41.5 Å². The zero-order valence-electron chi connectivity index (χ0n) is 23.3. The Labute approximate surface area is 255 Å². The summed E-state index contributed by atoms with van der Waals surface area (Å²) in [5.74, 6) is -1.11. The summed E-state index contributed by atoms with van der Waals surface area (Å²) in [6.07, 6.45) is 0.520. The molecule has 17 heteroatoms. The Morgan fingerprint density at radius 1 is 1.09 bits per heavy atom. The maximum atomic E-state index is 13.2. The fourth-order valence-corrected chi connectivity index (χ4v) is 4.47. The van der Waals surface area contributed by atoms with Crippen molar-refractivity contribution in [3.8, 4) is 11.3 Å². The lowest BCUT2D eigenvalue weighted by atomic mass is 10.1. The van der Waals surface area contributed by atoms with E-state index in [2.05, 4.69) is 25.6 Å². The second-order valence-corrected chi connectivity index (χ2v) is 11.1. The molecule has 226 valence electrons. The summed E-state index contributed by atoms with van der Waals surface area (Å²) in [4.78, 5) is 63.9. The van der Waals surface area contributed by atoms with E-state index in [9.17, 15) is 24.5 Å². The molecule has 43 heavy (non-hydrogen) atoms. The van der Waals surface area contributed by atoms with Crippen LogP contribution in [0.4, 0.5) is 33.8 Å². The van der Waals surface area contributed by atoms with Crippen molar-refractivity contribution in [2.75, 3.05) is 47.4 Å². The van der Waals surface area contributed by atoms with Gasteiger partial charge in [-0.05, 0) is 45.0 Å². The van der Waals surface area contributed by atoms with E-state index in [1.807, 2.05) is 0 Å². The van der Waals surface area contributed by atoms with Crippen LogP contribution < -0.4 is 21.3 Å². The number of imide groups is 1. The fourth-order valence-electron chi connectivity index (χ4n) is 3.98. The van der Waals surface area contributed by atoms with E-state index in [0.29, 0.717) is 22.9 Å². The summed E-state index contributed by atoms with van der Waals surface area (Å²) in [5, 5.41) is 17.5. The van der Waals surface area contributed by atoms with Crippen LogP contribution in [-0.2, 0) is 14.3 Å². The summed E-state index contributed by atoms with van der Waals surface area (Å²) < 4.78 is 5.30. The van der Waals surface area contributed by atoms with Crippen molar-refractivity contribution in [2.45, 2.75) is 26.4 Å². The highest BCUT2D eigenvalue weighted by atomic mass is 35.5. The SMILES string of the molecule is CC(C)(C)OC(=O)N1CC(=O)N(c2cnc(NCCNc3ccc([N+](=O)[O-])c(N)n3)nc2-c2ccc(Cl)cc2Cl)C(=O)C1. The van der Waals surface area contributed by atoms with Gasteiger partial charge in [0.2, 0.25) is 11.8 Å². The van der Waals surface area contributed by atoms with Gasteiger partial charge in [0.05, 0.1) is 21.8 Å². The molecule has 2 aromatic heterocycles. The number of nitro groups is 1. The predicted molar refractivity (Wildman–Crippen MR) is 160 cm³/mol. The fraction of sp³-hybridized carbons (Fsp3) is 0.308. The summed E-state index contributed by atoms with van der Waals surface area (Å²) in [6, 6.07) is 7.35. The number of nitrogens with two attached hydrogens (primary N) is 1. The van der Waals surface area contributed by atoms with Crippen molar-refractivity contribution in [3.05, 3.63) is 56.7 Å². The number of anilines is 4. The highest BCUT2D eigenvalue weighted by Gasteiger charge is 2.38. The van der Waals surface area contributed by atoms with E-state index >= 15 is 0 Å². The number of benzene rings is 1. The van der Waals surface area contributed by atoms with Crippen molar-refractivity contribution >= 4 is 70.1 Å². The number of hydrogen-bond donors (Lipinski definition) is 3. The molecule has 4 N–H and O–H groups in total. The van der Waals surface area contributed by atoms with Gasteiger partial charge in [-0.2, -0.15) is 0 Å². The van der Waals surface area contributed by atoms with Crippen LogP contribution in [-0.4, -0.2) is 74.5 Å². The molecule has 0 atom stereocenters. The molecule has 0 bridgehead atoms. The van der Waals surface area contributed by atoms with Gasteiger partial charge in [-0.15, -0.1) is 0 Å². The number of halogens is 2. The molecule has 0 unspecified atom stereocenters. The smallest absolute Gasteiger partial charge is 0.411 e. The Hall–Kier alpha value is -4.76. The number of nitrogens with one attached hydrogen (secondary N) is 2. The number of piperazine rings is 1. The zero-order valence-corrected chi connectivity index (χ0v) is 24.8. The summed E-state index contributed by atoms with van der Waals surface area (Å²) >= 11 is 12.6. The number of amides is 3. The molecule has 4 rings (SSSR count). The van der Waals surface area contributed by atoms with E-state index in [1.165, 1.54) is 24.4 Å². The van der Waals surface area contributed by atoms with Gasteiger partial charge in [-0.3, -0.25) is 24.6 Å². The second-order valence-electron chi connectivity index (χ2n) is 10.2. The van der Waals surface area contributed by atoms with Gasteiger partial charge in [0, 0.05) is 29.7 Å². The Morgan fingerprint density at radius 3 is 2.37 bits per heavy atom. The van der Waals surface area contributed by atoms with E-state index in [-0.39, 0.29) is 40.4 Å². The first-order chi connectivity index (χ1) is 20.2. The van der Waals surface area contributed by atoms with Crippen LogP contribution in [0.5, 0.6) is 0 Å². The third kappa shape index (κ3) is 7.55. The molecule has 1 aliphatic heterocycles. The summed E-state index contributed by atoms with van der Waals surface area (Å²) in [5.41, 5.74) is 5.14. The molecular weight excluding hydrogens is 605 g/mol. The molecule has 0 radical (unpaired) electrons. The van der Waals surface area contributed by atoms with Gasteiger partial charge in [0.15, 0.2) is 0 Å². The number of ether oxygens (including phenoxy) is 1. The van der Waals surface area contributed by atoms with Crippen LogP contribution in [0.1, 0.15) is 20.8 Å². The van der Waals surface area contributed by atoms with Crippen molar-refractivity contribution in [2.24, 2.45) is 0 Å². The minimum Gasteiger partial charge on any atom is -0.444 e. The Balaban J connectivity index is 1.55. The summed E-state index contributed by atoms with van der Waals surface area (Å²) in [7, 11) is 0. The van der Waals surface area contributed by atoms with Gasteiger partial charge in [-0.25, -0.2) is 24.6 Å². The molecule has 3 amide bonds. The van der Waals surface area contributed by atoms with Gasteiger partial charge in [0.25, 0.3) is 11.8 Å². The number of pyridine rings is 1. The first kappa shape index (κ1) is 31.2. The molecule has 0 aliphatic carbocycles. The lowest BCUT2D eigenvalue weighted by molar-refractivity contribution is -0.384. The lowest BCUT2D eigenvalue weighted by Crippen LogP contribution is -2.56. The quantitative estimate of drug-likeness (QED) is 0.140. The topological polar surface area (TPSA) is 199 Å². The number of rotatable bonds is 8. The van der Waals surface area contributed by atoms with Gasteiger partial charge >= 0.3 is 11.8 Å². The highest BCUT2D eigenvalue weighted by molar-refractivity contribution is 6.36. The number of nitrogen functional groups attached to an aromatic ring is 1. The minimum absolute atomic E-state index is 0.0669. The summed E-state index contributed by atoms with van der Waals surface area (Å²) in [6.45, 7) is 4.81. The second kappa shape index (κ2) is 12.6. The maximum absolute atomic E-state index is 13.2. The Morgan fingerprint density at radius 2 is 1.77 bits per heavy atom. The van der Waals surface area contributed by atoms with Crippen molar-refractivity contribution in [1.82, 2.24) is 19.9 Å². The number of carbonyl (C=O) groups is 3. The first-order valence-corrected chi connectivity index (χ1v) is 13.5. The minimum atomic E-state index is -0.809. The third-order valence-corrected chi connectivity index (χ3v) is 6.36. The molecule has 15 nitrogen and oxygen atoms in total. The number of aromatic nitrogens is 3. The molecule has 1 aliphatic rings. The molecule has 1 aromatic carbocycles. The first-order valence-electron chi connectivity index (χ1n) is 12.8. The van der Waals surface area contributed by atoms with Crippen LogP contribution >= 0.6 is 23.2 Å². The lowest BCUT2D eigenvalue weighted by Gasteiger charge is -2.34. The maximum Gasteiger partial charge on any atom is 0.411 e. The average molecular weight is 632 g/mol. The number of carbonyl (C=O) groups excluding carboxylic acids is 3. The predicted octanol–water partition coefficient (Wildman–Crippen LogP) is 3.97. The van der Waals surface area contributed by atoms with Gasteiger partial charge in [0.1, 0.15) is 30.2 Å². The Bertz CT molecular complexity index is 1580. The molecular formula is C26H27Cl2N9O6. The molecule has 3 aromatic rings. The van der Waals surface area contributed by atoms with Crippen LogP contribution in [0.15, 0.2) is 36.5 Å². The van der Waals surface area contributed by atoms with Crippen LogP contribution in [0.2, 0.25) is 10.0 Å². The molecule has 0 saturated carbocycles. The number of nitrogens with zero attached hydrogens (tertiary/aromatic N) is 6. The highest BCUT2D eigenvalue weighted by Crippen LogP contribution is 2.36. The third-order valence-electron chi connectivity index (χ3n) is 5.81. The van der Waals surface area contributed by atoms with Crippen LogP contribution in [0.25, 0.3) is 11.3 Å². The molecule has 0 spiro atoms. The molecule has 1 saturated heterocycles. The molecule has 1 fully saturated rings. The largest absolute Gasteiger partial charge is 0.444 e. The average Bonchev–Trinajstić information content (AvgIpc) is 2.90. The van der Waals surface area contributed by atoms with Crippen LogP contribution in [0, 0.1) is 10.1 Å². The number of hydrogen-bond acceptors (Lipinski definition) is 12. The van der Waals surface area contributed by atoms with Crippen molar-refractivity contribution in [3.63, 3.8) is 0 Å². The van der Waals surface area contributed by atoms with Crippen LogP contribution in [0.3, 0.4) is 0 Å². The van der Waals surface area contributed by atoms with E-state index in [4.69, 9.17) is 33.7 Å². The van der Waals surface area contributed by atoms with Crippen molar-refractivity contribution in [1.29, 1.82) is 0 Å². The monoisotopic (exact) mass is 631 g/mol. The van der Waals surface area contributed by atoms with E-state index in [0.717, 1.165) is 9.80 Å². The van der Waals surface area contributed by atoms with Gasteiger partial charge < -0.3 is 21.1 Å². The normalized spacial score (nSPS) is 13.6. The molecule has 3 heterocycles.